The molecule has 4 rings (SSSR count). The Labute approximate surface area is 226 Å². The van der Waals surface area contributed by atoms with E-state index >= 15 is 0 Å². The number of benzene rings is 1. The molecule has 1 aromatic heterocycles. The van der Waals surface area contributed by atoms with Gasteiger partial charge in [-0.05, 0) is 42.2 Å². The van der Waals surface area contributed by atoms with Gasteiger partial charge < -0.3 is 24.4 Å². The van der Waals surface area contributed by atoms with Gasteiger partial charge in [-0.15, -0.1) is 0 Å². The van der Waals surface area contributed by atoms with E-state index in [-0.39, 0.29) is 18.9 Å². The van der Waals surface area contributed by atoms with Gasteiger partial charge >= 0.3 is 5.97 Å². The van der Waals surface area contributed by atoms with Crippen molar-refractivity contribution in [3.63, 3.8) is 0 Å². The number of hydrogen-bond donors (Lipinski definition) is 1. The number of pyridine rings is 1. The van der Waals surface area contributed by atoms with Crippen molar-refractivity contribution < 1.29 is 23.8 Å². The van der Waals surface area contributed by atoms with E-state index in [4.69, 9.17) is 14.2 Å². The van der Waals surface area contributed by atoms with Gasteiger partial charge in [0.2, 0.25) is 5.91 Å². The average molecular weight is 535 g/mol. The molecule has 1 unspecified atom stereocenters. The highest BCUT2D eigenvalue weighted by atomic mass is 32.2. The van der Waals surface area contributed by atoms with Crippen LogP contribution in [0.1, 0.15) is 30.6 Å². The normalized spacial score (nSPS) is 16.3. The molecule has 0 aliphatic carbocycles. The molecule has 0 saturated heterocycles. The molecule has 9 nitrogen and oxygen atoms in total. The molecule has 2 aromatic rings. The Morgan fingerprint density at radius 3 is 2.61 bits per heavy atom. The van der Waals surface area contributed by atoms with Crippen LogP contribution in [0.25, 0.3) is 0 Å². The van der Waals surface area contributed by atoms with Gasteiger partial charge in [0.15, 0.2) is 5.17 Å². The Bertz CT molecular complexity index is 1280. The third-order valence-corrected chi connectivity index (χ3v) is 6.90. The Balaban J connectivity index is 1.62. The number of rotatable bonds is 11. The van der Waals surface area contributed by atoms with Crippen molar-refractivity contribution in [2.75, 3.05) is 27.4 Å². The first-order valence-electron chi connectivity index (χ1n) is 12.1. The summed E-state index contributed by atoms with van der Waals surface area (Å²) in [5, 5.41) is 5.53. The van der Waals surface area contributed by atoms with Crippen LogP contribution in [-0.2, 0) is 20.7 Å². The number of thioether (sulfide) groups is 1. The van der Waals surface area contributed by atoms with E-state index in [9.17, 15) is 9.59 Å². The summed E-state index contributed by atoms with van der Waals surface area (Å²) in [6.07, 6.45) is 3.99. The van der Waals surface area contributed by atoms with E-state index in [2.05, 4.69) is 21.9 Å². The molecule has 3 heterocycles. The monoisotopic (exact) mass is 534 g/mol. The van der Waals surface area contributed by atoms with Crippen molar-refractivity contribution >= 4 is 28.8 Å². The van der Waals surface area contributed by atoms with E-state index in [0.717, 1.165) is 17.0 Å². The molecule has 10 heteroatoms. The fourth-order valence-electron chi connectivity index (χ4n) is 4.25. The number of aliphatic imine (C=N–C) groups is 1. The Hall–Kier alpha value is -4.05. The summed E-state index contributed by atoms with van der Waals surface area (Å²) < 4.78 is 16.4. The lowest BCUT2D eigenvalue weighted by Crippen LogP contribution is -2.38. The molecule has 2 aliphatic heterocycles. The van der Waals surface area contributed by atoms with Crippen molar-refractivity contribution in [2.45, 2.75) is 25.8 Å². The fraction of sp³-hybridized carbons (Fsp3) is 0.286. The van der Waals surface area contributed by atoms with E-state index in [0.29, 0.717) is 40.9 Å². The van der Waals surface area contributed by atoms with Gasteiger partial charge in [-0.25, -0.2) is 9.79 Å². The van der Waals surface area contributed by atoms with Crippen LogP contribution in [-0.4, -0.2) is 54.3 Å². The van der Waals surface area contributed by atoms with Crippen LogP contribution in [0.3, 0.4) is 0 Å². The quantitative estimate of drug-likeness (QED) is 0.339. The molecule has 1 amide bonds. The zero-order chi connectivity index (χ0) is 27.1. The second-order valence-electron chi connectivity index (χ2n) is 8.52. The fourth-order valence-corrected chi connectivity index (χ4v) is 5.21. The number of esters is 1. The van der Waals surface area contributed by atoms with Crippen molar-refractivity contribution in [1.82, 2.24) is 15.2 Å². The molecule has 0 spiro atoms. The lowest BCUT2D eigenvalue weighted by molar-refractivity contribution is -0.138. The highest BCUT2D eigenvalue weighted by Crippen LogP contribution is 2.46. The van der Waals surface area contributed by atoms with Gasteiger partial charge in [0.1, 0.15) is 18.1 Å². The number of carbonyl (C=O) groups is 2. The number of nitrogens with one attached hydrogen (secondary N) is 1. The van der Waals surface area contributed by atoms with Crippen LogP contribution < -0.4 is 14.8 Å². The third kappa shape index (κ3) is 6.08. The number of amides is 1. The van der Waals surface area contributed by atoms with E-state index in [1.54, 1.807) is 33.4 Å². The Morgan fingerprint density at radius 2 is 1.95 bits per heavy atom. The van der Waals surface area contributed by atoms with Crippen molar-refractivity contribution in [3.05, 3.63) is 88.9 Å². The van der Waals surface area contributed by atoms with Gasteiger partial charge in [-0.2, -0.15) is 0 Å². The molecule has 2 aliphatic rings. The second-order valence-corrected chi connectivity index (χ2v) is 9.36. The molecule has 0 fully saturated rings. The molecular weight excluding hydrogens is 504 g/mol. The van der Waals surface area contributed by atoms with E-state index in [1.165, 1.54) is 17.8 Å². The number of nitrogens with zero attached hydrogens (tertiary/aromatic N) is 3. The number of hydrogen-bond acceptors (Lipinski definition) is 9. The maximum Gasteiger partial charge on any atom is 0.338 e. The maximum atomic E-state index is 13.3. The summed E-state index contributed by atoms with van der Waals surface area (Å²) in [6, 6.07) is 10.5. The number of aromatic nitrogens is 1. The minimum Gasteiger partial charge on any atom is -0.497 e. The molecule has 0 saturated carbocycles. The lowest BCUT2D eigenvalue weighted by atomic mass is 9.93. The summed E-state index contributed by atoms with van der Waals surface area (Å²) in [5.41, 5.74) is 3.28. The Kier molecular flexibility index (Phi) is 8.85. The predicted molar refractivity (Wildman–Crippen MR) is 147 cm³/mol. The third-order valence-electron chi connectivity index (χ3n) is 6.01. The average Bonchev–Trinajstić information content (AvgIpc) is 3.32. The summed E-state index contributed by atoms with van der Waals surface area (Å²) in [6.45, 7) is 5.95. The molecule has 1 N–H and O–H groups in total. The van der Waals surface area contributed by atoms with Crippen LogP contribution in [0.5, 0.6) is 11.5 Å². The van der Waals surface area contributed by atoms with Gasteiger partial charge in [0.05, 0.1) is 38.0 Å². The minimum absolute atomic E-state index is 0.0659. The zero-order valence-electron chi connectivity index (χ0n) is 21.6. The highest BCUT2D eigenvalue weighted by molar-refractivity contribution is 8.16. The van der Waals surface area contributed by atoms with Crippen molar-refractivity contribution in [2.24, 2.45) is 4.99 Å². The first-order valence-corrected chi connectivity index (χ1v) is 12.9. The van der Waals surface area contributed by atoms with Crippen LogP contribution in [0.4, 0.5) is 0 Å². The SMILES string of the molecule is C=CCOC(=O)C1=C(C)N=C2SC=C(CC(=O)NCCc3ccccn3)N2C1c1cc(OC)cc(OC)c1. The van der Waals surface area contributed by atoms with Gasteiger partial charge in [-0.1, -0.05) is 30.5 Å². The molecule has 198 valence electrons. The minimum atomic E-state index is -0.605. The molecule has 0 radical (unpaired) electrons. The lowest BCUT2D eigenvalue weighted by Gasteiger charge is -2.36. The number of ether oxygens (including phenoxy) is 3. The summed E-state index contributed by atoms with van der Waals surface area (Å²) in [7, 11) is 3.14. The molecule has 1 atom stereocenters. The second kappa shape index (κ2) is 12.5. The van der Waals surface area contributed by atoms with Crippen molar-refractivity contribution in [3.8, 4) is 11.5 Å². The van der Waals surface area contributed by atoms with Crippen LogP contribution in [0.15, 0.2) is 82.6 Å². The summed E-state index contributed by atoms with van der Waals surface area (Å²) in [5.74, 6) is 0.500. The van der Waals surface area contributed by atoms with E-state index < -0.39 is 12.0 Å². The topological polar surface area (TPSA) is 102 Å². The summed E-state index contributed by atoms with van der Waals surface area (Å²) in [4.78, 5) is 37.1. The van der Waals surface area contributed by atoms with Gasteiger partial charge in [0.25, 0.3) is 0 Å². The molecule has 1 aromatic carbocycles. The van der Waals surface area contributed by atoms with Gasteiger partial charge in [-0.3, -0.25) is 9.78 Å². The Morgan fingerprint density at radius 1 is 1.18 bits per heavy atom. The van der Waals surface area contributed by atoms with Crippen LogP contribution in [0.2, 0.25) is 0 Å². The first-order chi connectivity index (χ1) is 18.4. The molecule has 0 bridgehead atoms. The first kappa shape index (κ1) is 27.0. The highest BCUT2D eigenvalue weighted by Gasteiger charge is 2.41. The summed E-state index contributed by atoms with van der Waals surface area (Å²) >= 11 is 1.41. The number of amidine groups is 1. The van der Waals surface area contributed by atoms with Gasteiger partial charge in [0, 0.05) is 36.6 Å². The standard InChI is InChI=1S/C28H30N4O5S/c1-5-12-37-27(34)25-18(2)31-28-32(26(25)19-13-22(35-3)16-23(14-19)36-4)21(17-38-28)15-24(33)30-11-9-20-8-6-7-10-29-20/h5-8,10,13-14,16-17,26H,1,9,11-12,15H2,2-4H3,(H,30,33). The molecule has 38 heavy (non-hydrogen) atoms. The molecular formula is C28H30N4O5S. The van der Waals surface area contributed by atoms with Crippen LogP contribution >= 0.6 is 11.8 Å². The van der Waals surface area contributed by atoms with Crippen LogP contribution in [0, 0.1) is 0 Å². The zero-order valence-corrected chi connectivity index (χ0v) is 22.4. The van der Waals surface area contributed by atoms with E-state index in [1.807, 2.05) is 40.6 Å². The number of carbonyl (C=O) groups excluding carboxylic acids is 2. The number of fused-ring (bicyclic) bond motifs is 1. The van der Waals surface area contributed by atoms with Crippen molar-refractivity contribution in [1.29, 1.82) is 0 Å². The number of allylic oxidation sites excluding steroid dienone is 1. The maximum absolute atomic E-state index is 13.3. The largest absolute Gasteiger partial charge is 0.497 e. The smallest absolute Gasteiger partial charge is 0.338 e. The number of methoxy groups -OCH3 is 2. The predicted octanol–water partition coefficient (Wildman–Crippen LogP) is 4.15.